The number of benzene rings is 2. The number of imidazole rings is 2. The molecule has 2 aliphatic rings. The molecule has 0 bridgehead atoms. The van der Waals surface area contributed by atoms with E-state index in [1.807, 2.05) is 12.4 Å². The van der Waals surface area contributed by atoms with Crippen LogP contribution in [0.5, 0.6) is 0 Å². The summed E-state index contributed by atoms with van der Waals surface area (Å²) in [4.78, 5) is 40.5. The van der Waals surface area contributed by atoms with Gasteiger partial charge < -0.3 is 19.4 Å². The molecule has 2 saturated carbocycles. The van der Waals surface area contributed by atoms with Gasteiger partial charge in [-0.15, -0.1) is 0 Å². The maximum atomic E-state index is 12.2. The third kappa shape index (κ3) is 4.94. The fraction of sp³-hybridized carbons (Fsp3) is 0.375. The summed E-state index contributed by atoms with van der Waals surface area (Å²) in [6.07, 6.45) is 9.35. The number of aromatic nitrogens is 4. The average Bonchev–Trinajstić information content (AvgIpc) is 3.81. The number of hydrogen-bond donors (Lipinski definition) is 2. The van der Waals surface area contributed by atoms with E-state index in [0.29, 0.717) is 0 Å². The van der Waals surface area contributed by atoms with Crippen molar-refractivity contribution in [3.05, 3.63) is 72.6 Å². The summed E-state index contributed by atoms with van der Waals surface area (Å²) < 4.78 is 10.0. The van der Waals surface area contributed by atoms with E-state index in [4.69, 9.17) is 14.5 Å². The Hall–Kier alpha value is -4.20. The van der Waals surface area contributed by atoms with Gasteiger partial charge in [0.2, 0.25) is 0 Å². The molecule has 0 amide bonds. The first-order valence-corrected chi connectivity index (χ1v) is 14.0. The highest BCUT2D eigenvalue weighted by atomic mass is 16.5. The van der Waals surface area contributed by atoms with Gasteiger partial charge >= 0.3 is 11.9 Å². The summed E-state index contributed by atoms with van der Waals surface area (Å²) in [6.45, 7) is 0. The summed E-state index contributed by atoms with van der Waals surface area (Å²) in [7, 11) is 2.90. The molecule has 2 fully saturated rings. The van der Waals surface area contributed by atoms with Crippen LogP contribution in [0.4, 0.5) is 0 Å². The predicted octanol–water partition coefficient (Wildman–Crippen LogP) is 6.25. The SMILES string of the molecule is COC(=O)C1CCC[C@H]1c1ncc(-c2ccc(-c3ccc(-c4c[nH]c([C@@H]5CCC[C@H]5C(=O)OC)n4)cc3)cc2)[nH]1. The first-order valence-electron chi connectivity index (χ1n) is 14.0. The van der Waals surface area contributed by atoms with Gasteiger partial charge in [0.25, 0.3) is 0 Å². The third-order valence-corrected chi connectivity index (χ3v) is 8.65. The average molecular weight is 539 g/mol. The highest BCUT2D eigenvalue weighted by molar-refractivity contribution is 5.75. The summed E-state index contributed by atoms with van der Waals surface area (Å²) >= 11 is 0. The smallest absolute Gasteiger partial charge is 0.309 e. The molecule has 2 N–H and O–H groups in total. The minimum atomic E-state index is -0.149. The molecule has 2 aromatic carbocycles. The van der Waals surface area contributed by atoms with Crippen molar-refractivity contribution in [2.45, 2.75) is 50.4 Å². The fourth-order valence-electron chi connectivity index (χ4n) is 6.46. The van der Waals surface area contributed by atoms with Crippen LogP contribution in [0.15, 0.2) is 60.9 Å². The van der Waals surface area contributed by atoms with Crippen molar-refractivity contribution in [2.75, 3.05) is 14.2 Å². The van der Waals surface area contributed by atoms with Gasteiger partial charge in [0.05, 0.1) is 43.6 Å². The zero-order valence-electron chi connectivity index (χ0n) is 22.9. The summed E-state index contributed by atoms with van der Waals surface area (Å²) in [5, 5.41) is 0. The van der Waals surface area contributed by atoms with Crippen molar-refractivity contribution in [1.82, 2.24) is 19.9 Å². The van der Waals surface area contributed by atoms with Crippen LogP contribution in [0.3, 0.4) is 0 Å². The maximum Gasteiger partial charge on any atom is 0.309 e. The number of carbonyl (C=O) groups is 2. The molecule has 40 heavy (non-hydrogen) atoms. The molecule has 2 aliphatic carbocycles. The van der Waals surface area contributed by atoms with Gasteiger partial charge in [-0.3, -0.25) is 9.59 Å². The number of ether oxygens (including phenoxy) is 2. The van der Waals surface area contributed by atoms with Crippen molar-refractivity contribution in [3.63, 3.8) is 0 Å². The Bertz CT molecular complexity index is 1370. The van der Waals surface area contributed by atoms with E-state index in [-0.39, 0.29) is 35.6 Å². The zero-order valence-corrected chi connectivity index (χ0v) is 22.9. The van der Waals surface area contributed by atoms with Gasteiger partial charge in [-0.05, 0) is 42.4 Å². The van der Waals surface area contributed by atoms with Crippen LogP contribution in [0.2, 0.25) is 0 Å². The minimum Gasteiger partial charge on any atom is -0.469 e. The van der Waals surface area contributed by atoms with Crippen LogP contribution in [-0.2, 0) is 19.1 Å². The first-order chi connectivity index (χ1) is 19.6. The molecule has 8 heteroatoms. The summed E-state index contributed by atoms with van der Waals surface area (Å²) in [6, 6.07) is 16.8. The van der Waals surface area contributed by atoms with Crippen LogP contribution < -0.4 is 0 Å². The van der Waals surface area contributed by atoms with E-state index in [0.717, 1.165) is 83.8 Å². The lowest BCUT2D eigenvalue weighted by Crippen LogP contribution is -2.19. The second-order valence-corrected chi connectivity index (χ2v) is 10.8. The van der Waals surface area contributed by atoms with Gasteiger partial charge in [-0.25, -0.2) is 9.97 Å². The molecule has 1 unspecified atom stereocenters. The number of carbonyl (C=O) groups excluding carboxylic acids is 2. The van der Waals surface area contributed by atoms with Crippen LogP contribution in [0.25, 0.3) is 33.6 Å². The van der Waals surface area contributed by atoms with E-state index in [2.05, 4.69) is 63.5 Å². The molecule has 0 aliphatic heterocycles. The number of methoxy groups -OCH3 is 2. The predicted molar refractivity (Wildman–Crippen MR) is 151 cm³/mol. The van der Waals surface area contributed by atoms with Gasteiger partial charge in [0.15, 0.2) is 0 Å². The van der Waals surface area contributed by atoms with Crippen LogP contribution in [0.1, 0.15) is 62.0 Å². The van der Waals surface area contributed by atoms with E-state index in [1.165, 1.54) is 14.2 Å². The largest absolute Gasteiger partial charge is 0.469 e. The van der Waals surface area contributed by atoms with Crippen molar-refractivity contribution >= 4 is 11.9 Å². The van der Waals surface area contributed by atoms with Crippen molar-refractivity contribution in [3.8, 4) is 33.6 Å². The van der Waals surface area contributed by atoms with Crippen molar-refractivity contribution < 1.29 is 19.1 Å². The quantitative estimate of drug-likeness (QED) is 0.269. The molecule has 4 atom stereocenters. The highest BCUT2D eigenvalue weighted by Gasteiger charge is 2.37. The Morgan fingerprint density at radius 3 is 1.82 bits per heavy atom. The molecule has 0 spiro atoms. The highest BCUT2D eigenvalue weighted by Crippen LogP contribution is 2.41. The Kier molecular flexibility index (Phi) is 7.24. The third-order valence-electron chi connectivity index (χ3n) is 8.65. The molecule has 0 radical (unpaired) electrons. The lowest BCUT2D eigenvalue weighted by Gasteiger charge is -2.15. The normalized spacial score (nSPS) is 22.4. The first kappa shape index (κ1) is 26.0. The number of aromatic amines is 2. The van der Waals surface area contributed by atoms with E-state index in [9.17, 15) is 9.59 Å². The number of rotatable bonds is 7. The lowest BCUT2D eigenvalue weighted by molar-refractivity contribution is -0.146. The number of nitrogens with one attached hydrogen (secondary N) is 2. The second-order valence-electron chi connectivity index (χ2n) is 10.8. The monoisotopic (exact) mass is 538 g/mol. The second kappa shape index (κ2) is 11.1. The molecule has 0 saturated heterocycles. The fourth-order valence-corrected chi connectivity index (χ4v) is 6.46. The zero-order chi connectivity index (χ0) is 27.6. The number of hydrogen-bond acceptors (Lipinski definition) is 6. The Morgan fingerprint density at radius 1 is 0.725 bits per heavy atom. The van der Waals surface area contributed by atoms with E-state index < -0.39 is 0 Å². The number of esters is 2. The molecule has 4 aromatic rings. The minimum absolute atomic E-state index is 0.0806. The van der Waals surface area contributed by atoms with Crippen molar-refractivity contribution in [1.29, 1.82) is 0 Å². The molecule has 6 rings (SSSR count). The number of nitrogens with zero attached hydrogens (tertiary/aromatic N) is 2. The van der Waals surface area contributed by atoms with Gasteiger partial charge in [-0.2, -0.15) is 0 Å². The molecule has 2 heterocycles. The Labute approximate surface area is 233 Å². The molecule has 8 nitrogen and oxygen atoms in total. The molecule has 206 valence electrons. The standard InChI is InChI=1S/C32H34N4O4/c1-39-31(37)25-7-3-5-23(25)29-33-17-27(35-29)21-13-9-19(10-14-21)20-11-15-22(16-12-20)28-18-34-30(36-28)24-6-4-8-26(24)32(38)40-2/h9-18,23-26H,3-8H2,1-2H3,(H,33,35)(H,34,36)/t23-,24-,25-,26?/m1/s1. The molecular weight excluding hydrogens is 504 g/mol. The van der Waals surface area contributed by atoms with Crippen LogP contribution in [0, 0.1) is 11.8 Å². The van der Waals surface area contributed by atoms with E-state index >= 15 is 0 Å². The van der Waals surface area contributed by atoms with E-state index in [1.54, 1.807) is 0 Å². The maximum absolute atomic E-state index is 12.2. The van der Waals surface area contributed by atoms with Gasteiger partial charge in [0, 0.05) is 23.6 Å². The van der Waals surface area contributed by atoms with Crippen LogP contribution >= 0.6 is 0 Å². The molecular formula is C32H34N4O4. The van der Waals surface area contributed by atoms with Gasteiger partial charge in [0.1, 0.15) is 11.6 Å². The van der Waals surface area contributed by atoms with Gasteiger partial charge in [-0.1, -0.05) is 61.4 Å². The van der Waals surface area contributed by atoms with Crippen molar-refractivity contribution in [2.24, 2.45) is 11.8 Å². The summed E-state index contributed by atoms with van der Waals surface area (Å²) in [5.41, 5.74) is 6.12. The lowest BCUT2D eigenvalue weighted by atomic mass is 9.95. The Morgan fingerprint density at radius 2 is 1.25 bits per heavy atom. The molecule has 2 aromatic heterocycles. The van der Waals surface area contributed by atoms with Crippen LogP contribution in [-0.4, -0.2) is 46.1 Å². The topological polar surface area (TPSA) is 110 Å². The number of H-pyrrole nitrogens is 2. The summed E-state index contributed by atoms with van der Waals surface area (Å²) in [5.74, 6) is 1.34. The Balaban J connectivity index is 1.14.